The third-order valence-electron chi connectivity index (χ3n) is 3.62. The van der Waals surface area contributed by atoms with Gasteiger partial charge in [0.2, 0.25) is 0 Å². The van der Waals surface area contributed by atoms with E-state index in [1.165, 1.54) is 4.70 Å². The normalized spacial score (nSPS) is 10.6. The highest BCUT2D eigenvalue weighted by atomic mass is 32.2. The fourth-order valence-corrected chi connectivity index (χ4v) is 4.46. The van der Waals surface area contributed by atoms with Gasteiger partial charge in [0.25, 0.3) is 0 Å². The molecule has 0 aliphatic rings. The van der Waals surface area contributed by atoms with E-state index in [0.717, 1.165) is 26.1 Å². The van der Waals surface area contributed by atoms with E-state index < -0.39 is 0 Å². The number of thiazole rings is 1. The van der Waals surface area contributed by atoms with Crippen LogP contribution in [0.2, 0.25) is 0 Å². The Bertz CT molecular complexity index is 997. The standard InChI is InChI=1S/C20H15N3OS2/c24-19(21-14-6-2-1-3-7-14)22-15-10-12-16(13-11-15)25-20-23-17-8-4-5-9-18(17)26-20/h1-13H,(H2,21,22,24). The van der Waals surface area contributed by atoms with Crippen molar-refractivity contribution in [2.45, 2.75) is 9.24 Å². The maximum atomic E-state index is 12.0. The summed E-state index contributed by atoms with van der Waals surface area (Å²) in [6.07, 6.45) is 0. The molecule has 4 rings (SSSR count). The van der Waals surface area contributed by atoms with Crippen LogP contribution in [0.1, 0.15) is 0 Å². The van der Waals surface area contributed by atoms with Crippen LogP contribution in [0, 0.1) is 0 Å². The molecule has 1 heterocycles. The van der Waals surface area contributed by atoms with E-state index in [1.807, 2.05) is 72.8 Å². The third-order valence-corrected chi connectivity index (χ3v) is 5.73. The predicted octanol–water partition coefficient (Wildman–Crippen LogP) is 6.09. The van der Waals surface area contributed by atoms with Crippen LogP contribution in [0.15, 0.2) is 88.1 Å². The van der Waals surface area contributed by atoms with Crippen LogP contribution in [0.3, 0.4) is 0 Å². The summed E-state index contributed by atoms with van der Waals surface area (Å²) in [6, 6.07) is 25.0. The van der Waals surface area contributed by atoms with Gasteiger partial charge in [0.15, 0.2) is 4.34 Å². The average molecular weight is 377 g/mol. The van der Waals surface area contributed by atoms with Gasteiger partial charge in [-0.3, -0.25) is 0 Å². The Morgan fingerprint density at radius 1 is 0.808 bits per heavy atom. The minimum atomic E-state index is -0.261. The number of carbonyl (C=O) groups excluding carboxylic acids is 1. The first-order valence-electron chi connectivity index (χ1n) is 8.03. The second-order valence-electron chi connectivity index (χ2n) is 5.52. The largest absolute Gasteiger partial charge is 0.323 e. The van der Waals surface area contributed by atoms with E-state index >= 15 is 0 Å². The molecule has 0 bridgehead atoms. The molecule has 0 atom stereocenters. The minimum absolute atomic E-state index is 0.261. The number of fused-ring (bicyclic) bond motifs is 1. The van der Waals surface area contributed by atoms with Crippen molar-refractivity contribution in [2.24, 2.45) is 0 Å². The minimum Gasteiger partial charge on any atom is -0.308 e. The van der Waals surface area contributed by atoms with Crippen molar-refractivity contribution in [1.82, 2.24) is 4.98 Å². The summed E-state index contributed by atoms with van der Waals surface area (Å²) >= 11 is 3.30. The van der Waals surface area contributed by atoms with Crippen molar-refractivity contribution >= 4 is 50.7 Å². The molecular formula is C20H15N3OS2. The zero-order valence-corrected chi connectivity index (χ0v) is 15.3. The summed E-state index contributed by atoms with van der Waals surface area (Å²) in [5.74, 6) is 0. The molecule has 0 fully saturated rings. The van der Waals surface area contributed by atoms with Crippen molar-refractivity contribution < 1.29 is 4.79 Å². The van der Waals surface area contributed by atoms with Gasteiger partial charge in [0.1, 0.15) is 0 Å². The maximum Gasteiger partial charge on any atom is 0.323 e. The third kappa shape index (κ3) is 4.04. The molecule has 0 saturated heterocycles. The van der Waals surface area contributed by atoms with Gasteiger partial charge in [-0.05, 0) is 48.5 Å². The molecule has 0 spiro atoms. The molecular weight excluding hydrogens is 362 g/mol. The molecule has 0 aliphatic carbocycles. The van der Waals surface area contributed by atoms with E-state index in [0.29, 0.717) is 0 Å². The summed E-state index contributed by atoms with van der Waals surface area (Å²) in [5.41, 5.74) is 2.52. The molecule has 2 amide bonds. The first kappa shape index (κ1) is 16.6. The van der Waals surface area contributed by atoms with E-state index in [1.54, 1.807) is 23.1 Å². The Kier molecular flexibility index (Phi) is 4.86. The number of rotatable bonds is 4. The van der Waals surface area contributed by atoms with Crippen LogP contribution < -0.4 is 10.6 Å². The van der Waals surface area contributed by atoms with E-state index in [-0.39, 0.29) is 6.03 Å². The Morgan fingerprint density at radius 3 is 2.19 bits per heavy atom. The van der Waals surface area contributed by atoms with Gasteiger partial charge < -0.3 is 10.6 Å². The average Bonchev–Trinajstić information content (AvgIpc) is 3.06. The number of urea groups is 1. The molecule has 0 saturated carbocycles. The number of nitrogens with zero attached hydrogens (tertiary/aromatic N) is 1. The summed E-state index contributed by atoms with van der Waals surface area (Å²) in [6.45, 7) is 0. The first-order valence-corrected chi connectivity index (χ1v) is 9.66. The number of anilines is 2. The highest BCUT2D eigenvalue weighted by Gasteiger charge is 2.06. The SMILES string of the molecule is O=C(Nc1ccccc1)Nc1ccc(Sc2nc3ccccc3s2)cc1. The van der Waals surface area contributed by atoms with Gasteiger partial charge in [-0.25, -0.2) is 9.78 Å². The van der Waals surface area contributed by atoms with Gasteiger partial charge in [-0.1, -0.05) is 42.1 Å². The van der Waals surface area contributed by atoms with Crippen LogP contribution in [-0.2, 0) is 0 Å². The number of para-hydroxylation sites is 2. The van der Waals surface area contributed by atoms with Crippen molar-refractivity contribution in [3.63, 3.8) is 0 Å². The topological polar surface area (TPSA) is 54.0 Å². The molecule has 26 heavy (non-hydrogen) atoms. The lowest BCUT2D eigenvalue weighted by molar-refractivity contribution is 0.262. The van der Waals surface area contributed by atoms with Gasteiger partial charge in [0, 0.05) is 16.3 Å². The maximum absolute atomic E-state index is 12.0. The number of carbonyl (C=O) groups is 1. The molecule has 0 radical (unpaired) electrons. The number of hydrogen-bond donors (Lipinski definition) is 2. The van der Waals surface area contributed by atoms with Gasteiger partial charge in [-0.2, -0.15) is 0 Å². The quantitative estimate of drug-likeness (QED) is 0.452. The summed E-state index contributed by atoms with van der Waals surface area (Å²) in [7, 11) is 0. The second-order valence-corrected chi connectivity index (χ2v) is 7.87. The zero-order valence-electron chi connectivity index (χ0n) is 13.7. The zero-order chi connectivity index (χ0) is 17.8. The number of benzene rings is 3. The molecule has 128 valence electrons. The summed E-state index contributed by atoms with van der Waals surface area (Å²) in [4.78, 5) is 17.7. The van der Waals surface area contributed by atoms with Gasteiger partial charge >= 0.3 is 6.03 Å². The lowest BCUT2D eigenvalue weighted by Gasteiger charge is -2.08. The molecule has 3 aromatic carbocycles. The number of hydrogen-bond acceptors (Lipinski definition) is 4. The van der Waals surface area contributed by atoms with Crippen molar-refractivity contribution in [1.29, 1.82) is 0 Å². The Morgan fingerprint density at radius 2 is 1.46 bits per heavy atom. The number of nitrogens with one attached hydrogen (secondary N) is 2. The van der Waals surface area contributed by atoms with Crippen LogP contribution in [0.4, 0.5) is 16.2 Å². The van der Waals surface area contributed by atoms with E-state index in [2.05, 4.69) is 21.7 Å². The molecule has 0 aliphatic heterocycles. The molecule has 0 unspecified atom stereocenters. The predicted molar refractivity (Wildman–Crippen MR) is 109 cm³/mol. The fraction of sp³-hybridized carbons (Fsp3) is 0. The lowest BCUT2D eigenvalue weighted by Crippen LogP contribution is -2.19. The highest BCUT2D eigenvalue weighted by molar-refractivity contribution is 8.01. The second kappa shape index (κ2) is 7.59. The van der Waals surface area contributed by atoms with Gasteiger partial charge in [-0.15, -0.1) is 11.3 Å². The van der Waals surface area contributed by atoms with Crippen LogP contribution in [0.5, 0.6) is 0 Å². The summed E-state index contributed by atoms with van der Waals surface area (Å²) < 4.78 is 2.19. The van der Waals surface area contributed by atoms with Crippen LogP contribution >= 0.6 is 23.1 Å². The molecule has 1 aromatic heterocycles. The number of amides is 2. The molecule has 4 aromatic rings. The van der Waals surface area contributed by atoms with Crippen molar-refractivity contribution in [2.75, 3.05) is 10.6 Å². The Hall–Kier alpha value is -2.83. The van der Waals surface area contributed by atoms with Gasteiger partial charge in [0.05, 0.1) is 10.2 Å². The van der Waals surface area contributed by atoms with Crippen LogP contribution in [-0.4, -0.2) is 11.0 Å². The van der Waals surface area contributed by atoms with E-state index in [4.69, 9.17) is 0 Å². The van der Waals surface area contributed by atoms with E-state index in [9.17, 15) is 4.79 Å². The Balaban J connectivity index is 1.39. The highest BCUT2D eigenvalue weighted by Crippen LogP contribution is 2.34. The fourth-order valence-electron chi connectivity index (χ4n) is 2.42. The monoisotopic (exact) mass is 377 g/mol. The summed E-state index contributed by atoms with van der Waals surface area (Å²) in [5, 5.41) is 5.63. The van der Waals surface area contributed by atoms with Crippen molar-refractivity contribution in [3.05, 3.63) is 78.9 Å². The smallest absolute Gasteiger partial charge is 0.308 e. The Labute approximate surface area is 159 Å². The lowest BCUT2D eigenvalue weighted by atomic mass is 10.3. The van der Waals surface area contributed by atoms with Crippen molar-refractivity contribution in [3.8, 4) is 0 Å². The number of aromatic nitrogens is 1. The first-order chi connectivity index (χ1) is 12.8. The molecule has 6 heteroatoms. The van der Waals surface area contributed by atoms with Crippen LogP contribution in [0.25, 0.3) is 10.2 Å². The molecule has 2 N–H and O–H groups in total. The molecule has 4 nitrogen and oxygen atoms in total.